The van der Waals surface area contributed by atoms with Crippen molar-refractivity contribution in [3.63, 3.8) is 0 Å². The molecule has 0 aliphatic heterocycles. The fraction of sp³-hybridized carbons (Fsp3) is 0.261. The van der Waals surface area contributed by atoms with Gasteiger partial charge in [0.2, 0.25) is 5.91 Å². The quantitative estimate of drug-likeness (QED) is 0.616. The summed E-state index contributed by atoms with van der Waals surface area (Å²) >= 11 is 1.64. The molecule has 29 heavy (non-hydrogen) atoms. The van der Waals surface area contributed by atoms with Crippen molar-refractivity contribution in [2.24, 2.45) is 23.7 Å². The van der Waals surface area contributed by atoms with Crippen LogP contribution in [0.25, 0.3) is 20.8 Å². The molecule has 3 aromatic rings. The number of thiazole rings is 1. The number of benzene rings is 2. The Hall–Kier alpha value is -2.99. The van der Waals surface area contributed by atoms with Gasteiger partial charge in [0.1, 0.15) is 5.01 Å². The second-order valence-corrected chi connectivity index (χ2v) is 8.93. The molecule has 6 heteroatoms. The normalized spacial score (nSPS) is 24.9. The molecule has 1 saturated carbocycles. The van der Waals surface area contributed by atoms with Gasteiger partial charge in [-0.05, 0) is 67.1 Å². The number of carbonyl (C=O) groups excluding carboxylic acids is 1. The van der Waals surface area contributed by atoms with Crippen LogP contribution >= 0.6 is 11.3 Å². The van der Waals surface area contributed by atoms with Crippen LogP contribution in [0.3, 0.4) is 0 Å². The van der Waals surface area contributed by atoms with E-state index in [9.17, 15) is 14.7 Å². The van der Waals surface area contributed by atoms with Crippen molar-refractivity contribution in [3.05, 3.63) is 60.2 Å². The van der Waals surface area contributed by atoms with E-state index < -0.39 is 17.8 Å². The average Bonchev–Trinajstić information content (AvgIpc) is 3.42. The van der Waals surface area contributed by atoms with E-state index in [0.717, 1.165) is 27.2 Å². The number of amides is 1. The standard InChI is InChI=1S/C23H20N2O3S/c1-12-2-9-17-18(10-12)29-22(25-17)13-5-7-16(8-6-13)24-21(26)19-14-3-4-15(11-14)20(19)23(27)28/h2-10,14-15,19-20H,11H2,1H3,(H,24,26)(H,27,28). The Morgan fingerprint density at radius 1 is 1.07 bits per heavy atom. The molecule has 0 radical (unpaired) electrons. The zero-order chi connectivity index (χ0) is 20.1. The fourth-order valence-corrected chi connectivity index (χ4v) is 5.66. The molecule has 2 N–H and O–H groups in total. The number of hydrogen-bond acceptors (Lipinski definition) is 4. The SMILES string of the molecule is Cc1ccc2nc(-c3ccc(NC(=O)C4C5C=CC(C5)C4C(=O)O)cc3)sc2c1. The van der Waals surface area contributed by atoms with Crippen LogP contribution in [-0.4, -0.2) is 22.0 Å². The van der Waals surface area contributed by atoms with E-state index in [-0.39, 0.29) is 17.7 Å². The average molecular weight is 404 g/mol. The Bertz CT molecular complexity index is 1150. The van der Waals surface area contributed by atoms with Crippen molar-refractivity contribution in [3.8, 4) is 10.6 Å². The number of aromatic nitrogens is 1. The van der Waals surface area contributed by atoms with E-state index in [2.05, 4.69) is 24.4 Å². The predicted molar refractivity (Wildman–Crippen MR) is 114 cm³/mol. The molecule has 1 aromatic heterocycles. The predicted octanol–water partition coefficient (Wildman–Crippen LogP) is 4.73. The molecule has 146 valence electrons. The molecule has 5 nitrogen and oxygen atoms in total. The van der Waals surface area contributed by atoms with Gasteiger partial charge in [0, 0.05) is 11.3 Å². The molecule has 4 atom stereocenters. The van der Waals surface area contributed by atoms with E-state index in [4.69, 9.17) is 4.98 Å². The summed E-state index contributed by atoms with van der Waals surface area (Å²) in [6.07, 6.45) is 4.69. The molecule has 4 unspecified atom stereocenters. The van der Waals surface area contributed by atoms with Crippen LogP contribution < -0.4 is 5.32 Å². The summed E-state index contributed by atoms with van der Waals surface area (Å²) in [5.41, 5.74) is 3.86. The Kier molecular flexibility index (Phi) is 4.24. The van der Waals surface area contributed by atoms with Gasteiger partial charge in [0.15, 0.2) is 0 Å². The van der Waals surface area contributed by atoms with Gasteiger partial charge in [-0.2, -0.15) is 0 Å². The number of carboxylic acids is 1. The van der Waals surface area contributed by atoms with Gasteiger partial charge in [0.25, 0.3) is 0 Å². The van der Waals surface area contributed by atoms with E-state index >= 15 is 0 Å². The van der Waals surface area contributed by atoms with Gasteiger partial charge in [0.05, 0.1) is 22.1 Å². The molecular formula is C23H20N2O3S. The number of aliphatic carboxylic acids is 1. The van der Waals surface area contributed by atoms with Gasteiger partial charge in [-0.3, -0.25) is 9.59 Å². The number of nitrogens with one attached hydrogen (secondary N) is 1. The van der Waals surface area contributed by atoms with E-state index in [0.29, 0.717) is 5.69 Å². The minimum Gasteiger partial charge on any atom is -0.481 e. The molecular weight excluding hydrogens is 384 g/mol. The van der Waals surface area contributed by atoms with Gasteiger partial charge in [-0.1, -0.05) is 18.2 Å². The van der Waals surface area contributed by atoms with Crippen molar-refractivity contribution in [2.75, 3.05) is 5.32 Å². The Morgan fingerprint density at radius 3 is 2.52 bits per heavy atom. The van der Waals surface area contributed by atoms with Crippen molar-refractivity contribution < 1.29 is 14.7 Å². The van der Waals surface area contributed by atoms with Crippen LogP contribution in [0.2, 0.25) is 0 Å². The summed E-state index contributed by atoms with van der Waals surface area (Å²) in [5.74, 6) is -2.24. The number of allylic oxidation sites excluding steroid dienone is 2. The molecule has 2 aromatic carbocycles. The maximum atomic E-state index is 12.8. The maximum absolute atomic E-state index is 12.8. The highest BCUT2D eigenvalue weighted by molar-refractivity contribution is 7.21. The molecule has 2 aliphatic rings. The maximum Gasteiger partial charge on any atom is 0.307 e. The van der Waals surface area contributed by atoms with Crippen molar-refractivity contribution in [1.82, 2.24) is 4.98 Å². The Labute approximate surface area is 172 Å². The smallest absolute Gasteiger partial charge is 0.307 e. The lowest BCUT2D eigenvalue weighted by Gasteiger charge is -2.23. The highest BCUT2D eigenvalue weighted by Crippen LogP contribution is 2.48. The molecule has 5 rings (SSSR count). The lowest BCUT2D eigenvalue weighted by Crippen LogP contribution is -2.36. The third kappa shape index (κ3) is 3.13. The summed E-state index contributed by atoms with van der Waals surface area (Å²) < 4.78 is 1.15. The van der Waals surface area contributed by atoms with Crippen LogP contribution in [0, 0.1) is 30.6 Å². The number of carboxylic acid groups (broad SMARTS) is 1. The van der Waals surface area contributed by atoms with Gasteiger partial charge in [-0.15, -0.1) is 11.3 Å². The molecule has 0 spiro atoms. The number of fused-ring (bicyclic) bond motifs is 3. The van der Waals surface area contributed by atoms with Crippen molar-refractivity contribution >= 4 is 39.1 Å². The molecule has 1 heterocycles. The largest absolute Gasteiger partial charge is 0.481 e. The zero-order valence-corrected chi connectivity index (χ0v) is 16.6. The van der Waals surface area contributed by atoms with Crippen LogP contribution in [0.1, 0.15) is 12.0 Å². The topological polar surface area (TPSA) is 79.3 Å². The summed E-state index contributed by atoms with van der Waals surface area (Å²) in [7, 11) is 0. The van der Waals surface area contributed by atoms with Crippen LogP contribution in [0.5, 0.6) is 0 Å². The van der Waals surface area contributed by atoms with E-state index in [1.807, 2.05) is 42.5 Å². The van der Waals surface area contributed by atoms with Crippen LogP contribution in [0.15, 0.2) is 54.6 Å². The van der Waals surface area contributed by atoms with Crippen LogP contribution in [-0.2, 0) is 9.59 Å². The van der Waals surface area contributed by atoms with Crippen molar-refractivity contribution in [2.45, 2.75) is 13.3 Å². The number of nitrogens with zero attached hydrogens (tertiary/aromatic N) is 1. The lowest BCUT2D eigenvalue weighted by atomic mass is 9.82. The fourth-order valence-electron chi connectivity index (χ4n) is 4.59. The second-order valence-electron chi connectivity index (χ2n) is 7.89. The first-order chi connectivity index (χ1) is 14.0. The first-order valence-corrected chi connectivity index (χ1v) is 10.5. The van der Waals surface area contributed by atoms with Gasteiger partial charge in [-0.25, -0.2) is 4.98 Å². The molecule has 2 bridgehead atoms. The first-order valence-electron chi connectivity index (χ1n) is 9.69. The summed E-state index contributed by atoms with van der Waals surface area (Å²) in [6, 6.07) is 13.8. The highest BCUT2D eigenvalue weighted by atomic mass is 32.1. The second kappa shape index (κ2) is 6.81. The van der Waals surface area contributed by atoms with Gasteiger partial charge >= 0.3 is 5.97 Å². The zero-order valence-electron chi connectivity index (χ0n) is 15.8. The molecule has 1 fully saturated rings. The summed E-state index contributed by atoms with van der Waals surface area (Å²) in [5, 5.41) is 13.4. The number of hydrogen-bond donors (Lipinski definition) is 2. The molecule has 1 amide bonds. The summed E-state index contributed by atoms with van der Waals surface area (Å²) in [6.45, 7) is 2.07. The van der Waals surface area contributed by atoms with E-state index in [1.165, 1.54) is 5.56 Å². The number of rotatable bonds is 4. The number of carbonyl (C=O) groups is 2. The third-order valence-electron chi connectivity index (χ3n) is 5.99. The number of anilines is 1. The highest BCUT2D eigenvalue weighted by Gasteiger charge is 2.51. The monoisotopic (exact) mass is 404 g/mol. The first kappa shape index (κ1) is 18.1. The lowest BCUT2D eigenvalue weighted by molar-refractivity contribution is -0.146. The molecule has 2 aliphatic carbocycles. The van der Waals surface area contributed by atoms with Gasteiger partial charge < -0.3 is 10.4 Å². The molecule has 0 saturated heterocycles. The Balaban J connectivity index is 1.34. The summed E-state index contributed by atoms with van der Waals surface area (Å²) in [4.78, 5) is 29.1. The van der Waals surface area contributed by atoms with E-state index in [1.54, 1.807) is 11.3 Å². The number of aryl methyl sites for hydroxylation is 1. The van der Waals surface area contributed by atoms with Crippen molar-refractivity contribution in [1.29, 1.82) is 0 Å². The third-order valence-corrected chi connectivity index (χ3v) is 7.06. The Morgan fingerprint density at radius 2 is 1.79 bits per heavy atom. The minimum atomic E-state index is -0.886. The van der Waals surface area contributed by atoms with Crippen LogP contribution in [0.4, 0.5) is 5.69 Å². The minimum absolute atomic E-state index is 0.0200.